The fourth-order valence-corrected chi connectivity index (χ4v) is 6.29. The van der Waals surface area contributed by atoms with E-state index in [-0.39, 0.29) is 29.0 Å². The molecule has 1 aromatic heterocycles. The van der Waals surface area contributed by atoms with E-state index < -0.39 is 9.84 Å². The highest BCUT2D eigenvalue weighted by Gasteiger charge is 2.34. The molecule has 7 nitrogen and oxygen atoms in total. The van der Waals surface area contributed by atoms with Gasteiger partial charge in [0.05, 0.1) is 11.5 Å². The summed E-state index contributed by atoms with van der Waals surface area (Å²) in [4.78, 5) is 16.9. The molecule has 1 atom stereocenters. The maximum Gasteiger partial charge on any atom is 0.264 e. The molecule has 0 saturated carbocycles. The van der Waals surface area contributed by atoms with Crippen molar-refractivity contribution in [1.82, 2.24) is 14.4 Å². The van der Waals surface area contributed by atoms with Crippen molar-refractivity contribution < 1.29 is 13.2 Å². The molecule has 1 amide bonds. The van der Waals surface area contributed by atoms with E-state index >= 15 is 0 Å². The van der Waals surface area contributed by atoms with Gasteiger partial charge < -0.3 is 9.47 Å². The number of nitrogens with zero attached hydrogens (tertiary/aromatic N) is 4. The second-order valence-electron chi connectivity index (χ2n) is 9.22. The van der Waals surface area contributed by atoms with Gasteiger partial charge in [-0.3, -0.25) is 9.69 Å². The van der Waals surface area contributed by atoms with Crippen LogP contribution in [0, 0.1) is 31.1 Å². The van der Waals surface area contributed by atoms with Crippen LogP contribution in [0.1, 0.15) is 43.6 Å². The first-order valence-electron chi connectivity index (χ1n) is 11.1. The lowest BCUT2D eigenvalue weighted by Crippen LogP contribution is -2.52. The van der Waals surface area contributed by atoms with E-state index in [9.17, 15) is 18.5 Å². The molecule has 2 aliphatic heterocycles. The van der Waals surface area contributed by atoms with Crippen LogP contribution in [0.2, 0.25) is 0 Å². The summed E-state index contributed by atoms with van der Waals surface area (Å²) in [5.41, 5.74) is 3.28. The number of rotatable bonds is 6. The molecule has 0 N–H and O–H groups in total. The van der Waals surface area contributed by atoms with E-state index in [0.29, 0.717) is 38.5 Å². The number of hydrogen-bond acceptors (Lipinski definition) is 5. The van der Waals surface area contributed by atoms with E-state index in [1.54, 1.807) is 11.0 Å². The first-order valence-corrected chi connectivity index (χ1v) is 13.0. The third-order valence-electron chi connectivity index (χ3n) is 6.52. The summed E-state index contributed by atoms with van der Waals surface area (Å²) in [6.07, 6.45) is 3.47. The molecular formula is C23H34N4O3S. The van der Waals surface area contributed by atoms with Crippen molar-refractivity contribution >= 4 is 21.8 Å². The number of nitriles is 1. The van der Waals surface area contributed by atoms with Gasteiger partial charge in [-0.2, -0.15) is 5.26 Å². The molecule has 0 aliphatic carbocycles. The highest BCUT2D eigenvalue weighted by Crippen LogP contribution is 2.22. The van der Waals surface area contributed by atoms with Crippen LogP contribution in [-0.2, 0) is 21.2 Å². The number of aryl methyl sites for hydroxylation is 1. The normalized spacial score (nSPS) is 22.1. The lowest BCUT2D eigenvalue weighted by Gasteiger charge is -2.37. The molecule has 0 aromatic carbocycles. The average molecular weight is 447 g/mol. The minimum absolute atomic E-state index is 0.0597. The summed E-state index contributed by atoms with van der Waals surface area (Å²) in [5.74, 6) is 0.845. The maximum atomic E-state index is 13.0. The average Bonchev–Trinajstić information content (AvgIpc) is 3.22. The Labute approximate surface area is 186 Å². The smallest absolute Gasteiger partial charge is 0.264 e. The molecular weight excluding hydrogens is 412 g/mol. The number of aromatic nitrogens is 1. The van der Waals surface area contributed by atoms with Crippen molar-refractivity contribution in [2.45, 2.75) is 53.1 Å². The number of piperazine rings is 1. The van der Waals surface area contributed by atoms with Crippen LogP contribution in [0.25, 0.3) is 6.08 Å². The Balaban J connectivity index is 1.67. The van der Waals surface area contributed by atoms with Crippen molar-refractivity contribution in [3.05, 3.63) is 28.6 Å². The van der Waals surface area contributed by atoms with Crippen molar-refractivity contribution in [2.75, 3.05) is 37.7 Å². The maximum absolute atomic E-state index is 13.0. The lowest BCUT2D eigenvalue weighted by atomic mass is 10.1. The third kappa shape index (κ3) is 5.58. The monoisotopic (exact) mass is 446 g/mol. The molecule has 31 heavy (non-hydrogen) atoms. The van der Waals surface area contributed by atoms with Gasteiger partial charge in [0.15, 0.2) is 9.84 Å². The predicted molar refractivity (Wildman–Crippen MR) is 122 cm³/mol. The van der Waals surface area contributed by atoms with E-state index in [0.717, 1.165) is 29.9 Å². The fraction of sp³-hybridized carbons (Fsp3) is 0.652. The Morgan fingerprint density at radius 3 is 2.48 bits per heavy atom. The largest absolute Gasteiger partial charge is 0.349 e. The van der Waals surface area contributed by atoms with Gasteiger partial charge in [-0.15, -0.1) is 0 Å². The van der Waals surface area contributed by atoms with Crippen LogP contribution < -0.4 is 0 Å². The zero-order chi connectivity index (χ0) is 22.8. The number of carbonyl (C=O) groups is 1. The van der Waals surface area contributed by atoms with Crippen LogP contribution in [0.5, 0.6) is 0 Å². The van der Waals surface area contributed by atoms with Crippen molar-refractivity contribution in [1.29, 1.82) is 5.26 Å². The lowest BCUT2D eigenvalue weighted by molar-refractivity contribution is -0.128. The van der Waals surface area contributed by atoms with Crippen molar-refractivity contribution in [3.8, 4) is 6.07 Å². The molecule has 2 fully saturated rings. The topological polar surface area (TPSA) is 86.4 Å². The van der Waals surface area contributed by atoms with Gasteiger partial charge in [0.2, 0.25) is 0 Å². The van der Waals surface area contributed by atoms with Gasteiger partial charge in [-0.05, 0) is 50.3 Å². The molecule has 2 aliphatic rings. The summed E-state index contributed by atoms with van der Waals surface area (Å²) < 4.78 is 25.7. The molecule has 3 rings (SSSR count). The molecule has 0 bridgehead atoms. The second kappa shape index (κ2) is 9.58. The predicted octanol–water partition coefficient (Wildman–Crippen LogP) is 2.39. The van der Waals surface area contributed by atoms with Gasteiger partial charge in [0.25, 0.3) is 5.91 Å². The van der Waals surface area contributed by atoms with E-state index in [1.165, 1.54) is 0 Å². The van der Waals surface area contributed by atoms with Crippen molar-refractivity contribution in [3.63, 3.8) is 0 Å². The van der Waals surface area contributed by atoms with Gasteiger partial charge in [-0.25, -0.2) is 8.42 Å². The minimum Gasteiger partial charge on any atom is -0.349 e. The fourth-order valence-electron chi connectivity index (χ4n) is 4.53. The SMILES string of the molecule is Cc1cc(/C=C(/C#N)C(=O)N2CCN(C3CCS(=O)(=O)C3)CC2)c(C)n1CCC(C)C. The summed E-state index contributed by atoms with van der Waals surface area (Å²) >= 11 is 0. The first kappa shape index (κ1) is 23.6. The highest BCUT2D eigenvalue weighted by atomic mass is 32.2. The van der Waals surface area contributed by atoms with E-state index in [4.69, 9.17) is 0 Å². The molecule has 0 spiro atoms. The second-order valence-corrected chi connectivity index (χ2v) is 11.4. The van der Waals surface area contributed by atoms with Crippen LogP contribution in [0.15, 0.2) is 11.6 Å². The number of sulfone groups is 1. The van der Waals surface area contributed by atoms with Crippen LogP contribution in [0.3, 0.4) is 0 Å². The van der Waals surface area contributed by atoms with E-state index in [1.807, 2.05) is 13.0 Å². The summed E-state index contributed by atoms with van der Waals surface area (Å²) in [7, 11) is -2.92. The van der Waals surface area contributed by atoms with Crippen molar-refractivity contribution in [2.24, 2.45) is 5.92 Å². The Morgan fingerprint density at radius 1 is 1.26 bits per heavy atom. The van der Waals surface area contributed by atoms with Gasteiger partial charge in [0, 0.05) is 50.2 Å². The number of amides is 1. The third-order valence-corrected chi connectivity index (χ3v) is 8.27. The molecule has 8 heteroatoms. The van der Waals surface area contributed by atoms with Crippen LogP contribution in [-0.4, -0.2) is 72.4 Å². The zero-order valence-electron chi connectivity index (χ0n) is 19.1. The Kier molecular flexibility index (Phi) is 7.28. The standard InChI is InChI=1S/C23H34N4O3S/c1-17(2)5-7-27-18(3)13-20(19(27)4)14-21(15-24)23(28)26-10-8-25(9-11-26)22-6-12-31(29,30)16-22/h13-14,17,22H,5-12,16H2,1-4H3/b21-14-. The molecule has 2 saturated heterocycles. The van der Waals surface area contributed by atoms with Crippen LogP contribution >= 0.6 is 0 Å². The van der Waals surface area contributed by atoms with E-state index in [2.05, 4.69) is 36.3 Å². The quantitative estimate of drug-likeness (QED) is 0.495. The van der Waals surface area contributed by atoms with Gasteiger partial charge in [0.1, 0.15) is 11.6 Å². The summed E-state index contributed by atoms with van der Waals surface area (Å²) in [6, 6.07) is 4.20. The van der Waals surface area contributed by atoms with Gasteiger partial charge >= 0.3 is 0 Å². The molecule has 170 valence electrons. The molecule has 1 unspecified atom stereocenters. The minimum atomic E-state index is -2.92. The summed E-state index contributed by atoms with van der Waals surface area (Å²) in [5, 5.41) is 9.66. The zero-order valence-corrected chi connectivity index (χ0v) is 19.9. The summed E-state index contributed by atoms with van der Waals surface area (Å²) in [6.45, 7) is 11.7. The molecule has 3 heterocycles. The Bertz CT molecular complexity index is 993. The first-order chi connectivity index (χ1) is 14.6. The Hall–Kier alpha value is -2.11. The molecule has 0 radical (unpaired) electrons. The highest BCUT2D eigenvalue weighted by molar-refractivity contribution is 7.91. The number of hydrogen-bond donors (Lipinski definition) is 0. The Morgan fingerprint density at radius 2 is 1.94 bits per heavy atom. The molecule has 1 aromatic rings. The van der Waals surface area contributed by atoms with Crippen LogP contribution in [0.4, 0.5) is 0 Å². The number of carbonyl (C=O) groups excluding carboxylic acids is 1. The van der Waals surface area contributed by atoms with Gasteiger partial charge in [-0.1, -0.05) is 13.8 Å².